The zero-order valence-corrected chi connectivity index (χ0v) is 3.15. The van der Waals surface area contributed by atoms with Crippen molar-refractivity contribution in [3.8, 4) is 0 Å². The number of hydrogen-bond acceptors (Lipinski definition) is 2. The maximum absolute atomic E-state index is 7.99. The van der Waals surface area contributed by atoms with Crippen LogP contribution in [0.3, 0.4) is 0 Å². The fourth-order valence-electron chi connectivity index (χ4n) is 0.0913. The van der Waals surface area contributed by atoms with Crippen LogP contribution < -0.4 is 5.73 Å². The molecular formula is C3H9NO. The summed E-state index contributed by atoms with van der Waals surface area (Å²) in [6.45, 7) is 0.812. The van der Waals surface area contributed by atoms with Crippen LogP contribution in [0.5, 0.6) is 0 Å². The standard InChI is InChI=1S/C3H9NO/c4-2-1-3-5/h5H,1-4H2/i4+1. The molecule has 0 amide bonds. The smallest absolute Gasteiger partial charge is 0.0443 e. The minimum Gasteiger partial charge on any atom is -0.396 e. The third-order valence-electron chi connectivity index (χ3n) is 0.362. The van der Waals surface area contributed by atoms with Gasteiger partial charge in [0.25, 0.3) is 0 Å². The highest BCUT2D eigenvalue weighted by atomic mass is 16.3. The van der Waals surface area contributed by atoms with Crippen molar-refractivity contribution in [2.45, 2.75) is 6.42 Å². The third-order valence-corrected chi connectivity index (χ3v) is 0.362. The molecule has 5 heavy (non-hydrogen) atoms. The molecule has 0 fully saturated rings. The summed E-state index contributed by atoms with van der Waals surface area (Å²) in [5.74, 6) is 0. The summed E-state index contributed by atoms with van der Waals surface area (Å²) >= 11 is 0. The van der Waals surface area contributed by atoms with Crippen molar-refractivity contribution in [3.05, 3.63) is 0 Å². The van der Waals surface area contributed by atoms with Crippen LogP contribution in [0.1, 0.15) is 6.42 Å². The summed E-state index contributed by atoms with van der Waals surface area (Å²) in [5.41, 5.74) is 4.98. The minimum atomic E-state index is 0.219. The van der Waals surface area contributed by atoms with Gasteiger partial charge in [-0.2, -0.15) is 0 Å². The molecule has 0 saturated heterocycles. The summed E-state index contributed by atoms with van der Waals surface area (Å²) in [5, 5.41) is 7.99. The van der Waals surface area contributed by atoms with Crippen LogP contribution in [0.25, 0.3) is 0 Å². The number of aliphatic hydroxyl groups is 1. The maximum Gasteiger partial charge on any atom is 0.0443 e. The molecule has 32 valence electrons. The Hall–Kier alpha value is -0.0800. The van der Waals surface area contributed by atoms with E-state index < -0.39 is 0 Å². The van der Waals surface area contributed by atoms with Gasteiger partial charge < -0.3 is 10.8 Å². The molecule has 0 unspecified atom stereocenters. The number of nitrogens with two attached hydrogens (primary N) is 1. The topological polar surface area (TPSA) is 46.2 Å². The summed E-state index contributed by atoms with van der Waals surface area (Å²) in [7, 11) is 0. The highest BCUT2D eigenvalue weighted by Gasteiger charge is 1.69. The highest BCUT2D eigenvalue weighted by Crippen LogP contribution is 1.62. The SMILES string of the molecule is [15NH2]CCCO. The maximum atomic E-state index is 7.99. The number of rotatable bonds is 2. The van der Waals surface area contributed by atoms with E-state index in [0.29, 0.717) is 6.54 Å². The Balaban J connectivity index is 2.19. The lowest BCUT2D eigenvalue weighted by molar-refractivity contribution is 0.291. The summed E-state index contributed by atoms with van der Waals surface area (Å²) in [4.78, 5) is 0. The molecular weight excluding hydrogens is 67.0 g/mol. The number of aliphatic hydroxyl groups excluding tert-OH is 1. The lowest BCUT2D eigenvalue weighted by atomic mass is 10.5. The van der Waals surface area contributed by atoms with Crippen LogP contribution in [0.4, 0.5) is 0 Å². The molecule has 0 aliphatic heterocycles. The van der Waals surface area contributed by atoms with Crippen LogP contribution in [0.15, 0.2) is 0 Å². The Morgan fingerprint density at radius 2 is 2.20 bits per heavy atom. The second-order valence-electron chi connectivity index (χ2n) is 0.866. The van der Waals surface area contributed by atoms with Gasteiger partial charge in [0.15, 0.2) is 0 Å². The molecule has 2 heteroatoms. The van der Waals surface area contributed by atoms with E-state index in [2.05, 4.69) is 0 Å². The lowest BCUT2D eigenvalue weighted by Crippen LogP contribution is -1.99. The van der Waals surface area contributed by atoms with Gasteiger partial charge in [0.2, 0.25) is 0 Å². The summed E-state index contributed by atoms with van der Waals surface area (Å²) in [6.07, 6.45) is 0.722. The van der Waals surface area contributed by atoms with E-state index >= 15 is 0 Å². The molecule has 0 aromatic rings. The Labute approximate surface area is 31.6 Å². The normalized spacial score (nSPS) is 8.40. The molecule has 0 saturated carbocycles. The van der Waals surface area contributed by atoms with E-state index in [1.807, 2.05) is 0 Å². The van der Waals surface area contributed by atoms with E-state index in [9.17, 15) is 0 Å². The van der Waals surface area contributed by atoms with Crippen molar-refractivity contribution in [1.82, 2.24) is 0 Å². The van der Waals surface area contributed by atoms with Crippen molar-refractivity contribution in [2.24, 2.45) is 5.73 Å². The van der Waals surface area contributed by atoms with Crippen molar-refractivity contribution in [3.63, 3.8) is 0 Å². The molecule has 0 aromatic carbocycles. The van der Waals surface area contributed by atoms with Gasteiger partial charge in [0.05, 0.1) is 0 Å². The zero-order valence-electron chi connectivity index (χ0n) is 3.15. The van der Waals surface area contributed by atoms with Gasteiger partial charge in [-0.15, -0.1) is 0 Å². The third kappa shape index (κ3) is 3.92. The van der Waals surface area contributed by atoms with Crippen LogP contribution in [-0.2, 0) is 0 Å². The number of hydrogen-bond donors (Lipinski definition) is 2. The average molecular weight is 76.1 g/mol. The Bertz CT molecular complexity index is 14.4. The molecule has 0 atom stereocenters. The Morgan fingerprint density at radius 3 is 2.20 bits per heavy atom. The van der Waals surface area contributed by atoms with Gasteiger partial charge in [0.1, 0.15) is 0 Å². The summed E-state index contributed by atoms with van der Waals surface area (Å²) < 4.78 is 0. The van der Waals surface area contributed by atoms with Crippen molar-refractivity contribution in [2.75, 3.05) is 13.2 Å². The molecule has 0 aliphatic rings. The summed E-state index contributed by atoms with van der Waals surface area (Å²) in [6, 6.07) is 0. The van der Waals surface area contributed by atoms with E-state index in [1.165, 1.54) is 0 Å². The van der Waals surface area contributed by atoms with E-state index in [-0.39, 0.29) is 6.61 Å². The molecule has 0 bridgehead atoms. The second kappa shape index (κ2) is 3.92. The molecule has 0 spiro atoms. The van der Waals surface area contributed by atoms with Gasteiger partial charge in [-0.05, 0) is 13.0 Å². The molecule has 0 aliphatic carbocycles. The van der Waals surface area contributed by atoms with Crippen molar-refractivity contribution < 1.29 is 5.11 Å². The van der Waals surface area contributed by atoms with E-state index in [0.717, 1.165) is 6.42 Å². The first kappa shape index (κ1) is 4.92. The first-order chi connectivity index (χ1) is 2.41. The van der Waals surface area contributed by atoms with Gasteiger partial charge in [-0.25, -0.2) is 0 Å². The predicted octanol–water partition coefficient (Wildman–Crippen LogP) is -0.672. The average Bonchev–Trinajstić information content (AvgIpc) is 1.41. The van der Waals surface area contributed by atoms with E-state index in [4.69, 9.17) is 10.8 Å². The van der Waals surface area contributed by atoms with Gasteiger partial charge in [-0.3, -0.25) is 0 Å². The largest absolute Gasteiger partial charge is 0.396 e. The predicted molar refractivity (Wildman–Crippen MR) is 20.8 cm³/mol. The molecule has 3 N–H and O–H groups in total. The first-order valence-corrected chi connectivity index (χ1v) is 1.72. The Kier molecular flexibility index (Phi) is 3.86. The van der Waals surface area contributed by atoms with Crippen LogP contribution in [0, 0.1) is 0 Å². The van der Waals surface area contributed by atoms with Gasteiger partial charge in [0, 0.05) is 6.61 Å². The molecule has 0 rings (SSSR count). The van der Waals surface area contributed by atoms with Crippen molar-refractivity contribution in [1.29, 1.82) is 0 Å². The van der Waals surface area contributed by atoms with Crippen molar-refractivity contribution >= 4 is 0 Å². The van der Waals surface area contributed by atoms with Crippen LogP contribution >= 0.6 is 0 Å². The first-order valence-electron chi connectivity index (χ1n) is 1.72. The molecule has 0 aromatic heterocycles. The van der Waals surface area contributed by atoms with E-state index in [1.54, 1.807) is 0 Å². The highest BCUT2D eigenvalue weighted by molar-refractivity contribution is 4.28. The quantitative estimate of drug-likeness (QED) is 0.428. The minimum absolute atomic E-state index is 0.219. The fourth-order valence-corrected chi connectivity index (χ4v) is 0.0913. The zero-order chi connectivity index (χ0) is 4.12. The molecule has 0 heterocycles. The second-order valence-corrected chi connectivity index (χ2v) is 0.866. The molecule has 0 radical (unpaired) electrons. The molecule has 2 nitrogen and oxygen atoms in total. The van der Waals surface area contributed by atoms with Crippen LogP contribution in [-0.4, -0.2) is 18.3 Å². The Morgan fingerprint density at radius 1 is 1.60 bits per heavy atom. The fraction of sp³-hybridized carbons (Fsp3) is 1.00. The van der Waals surface area contributed by atoms with Gasteiger partial charge in [-0.1, -0.05) is 0 Å². The monoisotopic (exact) mass is 76.1 g/mol. The lowest BCUT2D eigenvalue weighted by Gasteiger charge is -1.80. The van der Waals surface area contributed by atoms with Crippen LogP contribution in [0.2, 0.25) is 0 Å². The van der Waals surface area contributed by atoms with Gasteiger partial charge >= 0.3 is 0 Å².